The predicted molar refractivity (Wildman–Crippen MR) is 64.4 cm³/mol. The second kappa shape index (κ2) is 6.16. The van der Waals surface area contributed by atoms with Crippen molar-refractivity contribution in [2.75, 3.05) is 7.11 Å². The third-order valence-corrected chi connectivity index (χ3v) is 3.04. The molecule has 0 bridgehead atoms. The van der Waals surface area contributed by atoms with Gasteiger partial charge in [0.15, 0.2) is 0 Å². The Bertz CT molecular complexity index is 557. The maximum Gasteiger partial charge on any atom is 0.421 e. The molecule has 0 radical (unpaired) electrons. The Kier molecular flexibility index (Phi) is 4.84. The molecule has 1 aromatic carbocycles. The normalized spacial score (nSPS) is 12.5. The van der Waals surface area contributed by atoms with Crippen molar-refractivity contribution in [2.24, 2.45) is 0 Å². The number of methoxy groups -OCH3 is 1. The molecule has 0 aliphatic carbocycles. The van der Waals surface area contributed by atoms with Gasteiger partial charge in [-0.3, -0.25) is 4.79 Å². The number of ether oxygens (including phenoxy) is 1. The van der Waals surface area contributed by atoms with Crippen molar-refractivity contribution in [1.29, 1.82) is 0 Å². The molecule has 0 fully saturated rings. The van der Waals surface area contributed by atoms with Crippen molar-refractivity contribution < 1.29 is 27.9 Å². The lowest BCUT2D eigenvalue weighted by atomic mass is 10.1. The maximum absolute atomic E-state index is 11.5. The molecule has 9 heteroatoms. The number of rotatable bonds is 5. The van der Waals surface area contributed by atoms with Crippen LogP contribution in [0.2, 0.25) is 0 Å². The van der Waals surface area contributed by atoms with E-state index in [9.17, 15) is 18.0 Å². The molecule has 3 N–H and O–H groups in total. The molecule has 0 saturated carbocycles. The van der Waals surface area contributed by atoms with Crippen LogP contribution < -0.4 is 9.44 Å². The summed E-state index contributed by atoms with van der Waals surface area (Å²) in [7, 11) is -3.36. The fourth-order valence-corrected chi connectivity index (χ4v) is 2.15. The molecular weight excluding hydrogens is 276 g/mol. The van der Waals surface area contributed by atoms with Crippen molar-refractivity contribution in [3.8, 4) is 0 Å². The fourth-order valence-electron chi connectivity index (χ4n) is 1.24. The van der Waals surface area contributed by atoms with Crippen LogP contribution in [0.25, 0.3) is 0 Å². The predicted octanol–water partition coefficient (Wildman–Crippen LogP) is 0.00270. The molecule has 1 rings (SSSR count). The molecular formula is C10H12N2O6S. The standard InChI is InChI=1S/C10H12N2O6S/c1-18-10(15)12-19(16,17)11-8(9(13)14)7-5-3-2-4-6-7/h2-6,8,11H,1H3,(H,12,15)(H,13,14)/t8-/m0/s1. The van der Waals surface area contributed by atoms with Crippen LogP contribution in [0, 0.1) is 0 Å². The van der Waals surface area contributed by atoms with Gasteiger partial charge in [-0.25, -0.2) is 9.52 Å². The van der Waals surface area contributed by atoms with E-state index in [-0.39, 0.29) is 5.56 Å². The minimum Gasteiger partial charge on any atom is -0.480 e. The molecule has 0 aromatic heterocycles. The Morgan fingerprint density at radius 2 is 1.84 bits per heavy atom. The number of carboxylic acids is 1. The van der Waals surface area contributed by atoms with E-state index in [1.54, 1.807) is 18.2 Å². The zero-order valence-corrected chi connectivity index (χ0v) is 10.7. The third kappa shape index (κ3) is 4.56. The second-order valence-electron chi connectivity index (χ2n) is 3.40. The first kappa shape index (κ1) is 14.9. The zero-order chi connectivity index (χ0) is 14.5. The highest BCUT2D eigenvalue weighted by Crippen LogP contribution is 2.13. The van der Waals surface area contributed by atoms with Crippen LogP contribution in [0.1, 0.15) is 11.6 Å². The van der Waals surface area contributed by atoms with Crippen LogP contribution in [-0.4, -0.2) is 32.7 Å². The zero-order valence-electron chi connectivity index (χ0n) is 9.86. The summed E-state index contributed by atoms with van der Waals surface area (Å²) in [6.45, 7) is 0. The van der Waals surface area contributed by atoms with Gasteiger partial charge in [0, 0.05) is 0 Å². The lowest BCUT2D eigenvalue weighted by Gasteiger charge is -2.15. The van der Waals surface area contributed by atoms with E-state index in [1.165, 1.54) is 16.9 Å². The highest BCUT2D eigenvalue weighted by atomic mass is 32.2. The van der Waals surface area contributed by atoms with Crippen LogP contribution in [0.15, 0.2) is 30.3 Å². The highest BCUT2D eigenvalue weighted by molar-refractivity contribution is 7.88. The molecule has 1 amide bonds. The van der Waals surface area contributed by atoms with Crippen LogP contribution in [0.3, 0.4) is 0 Å². The van der Waals surface area contributed by atoms with E-state index in [0.29, 0.717) is 0 Å². The first-order valence-corrected chi connectivity index (χ1v) is 6.50. The summed E-state index contributed by atoms with van der Waals surface area (Å²) in [5.74, 6) is -1.40. The summed E-state index contributed by atoms with van der Waals surface area (Å²) >= 11 is 0. The van der Waals surface area contributed by atoms with Crippen LogP contribution >= 0.6 is 0 Å². The number of aliphatic carboxylic acids is 1. The van der Waals surface area contributed by atoms with Crippen LogP contribution in [-0.2, 0) is 19.7 Å². The van der Waals surface area contributed by atoms with Gasteiger partial charge in [-0.2, -0.15) is 13.1 Å². The summed E-state index contributed by atoms with van der Waals surface area (Å²) in [4.78, 5) is 21.9. The Hall–Kier alpha value is -2.13. The third-order valence-electron chi connectivity index (χ3n) is 2.06. The topological polar surface area (TPSA) is 122 Å². The van der Waals surface area contributed by atoms with E-state index in [0.717, 1.165) is 7.11 Å². The van der Waals surface area contributed by atoms with E-state index < -0.39 is 28.3 Å². The van der Waals surface area contributed by atoms with E-state index >= 15 is 0 Å². The number of carbonyl (C=O) groups is 2. The SMILES string of the molecule is COC(=O)NS(=O)(=O)N[C@H](C(=O)O)c1ccccc1. The summed E-state index contributed by atoms with van der Waals surface area (Å²) in [5, 5.41) is 9.01. The Labute approximate surface area is 109 Å². The number of benzene rings is 1. The molecule has 0 heterocycles. The van der Waals surface area contributed by atoms with Crippen molar-refractivity contribution in [1.82, 2.24) is 9.44 Å². The average molecular weight is 288 g/mol. The molecule has 0 saturated heterocycles. The minimum atomic E-state index is -4.34. The molecule has 0 aliphatic rings. The summed E-state index contributed by atoms with van der Waals surface area (Å²) in [6.07, 6.45) is -1.22. The van der Waals surface area contributed by atoms with Crippen molar-refractivity contribution in [3.63, 3.8) is 0 Å². The van der Waals surface area contributed by atoms with Crippen LogP contribution in [0.4, 0.5) is 4.79 Å². The van der Waals surface area contributed by atoms with E-state index in [2.05, 4.69) is 4.74 Å². The minimum absolute atomic E-state index is 0.227. The molecule has 0 unspecified atom stereocenters. The van der Waals surface area contributed by atoms with Crippen LogP contribution in [0.5, 0.6) is 0 Å². The number of hydrogen-bond donors (Lipinski definition) is 3. The summed E-state index contributed by atoms with van der Waals surface area (Å²) in [5.41, 5.74) is 0.227. The number of hydrogen-bond acceptors (Lipinski definition) is 5. The number of carboxylic acid groups (broad SMARTS) is 1. The van der Waals surface area contributed by atoms with Gasteiger partial charge in [-0.1, -0.05) is 30.3 Å². The number of carbonyl (C=O) groups excluding carboxylic acids is 1. The first-order valence-electron chi connectivity index (χ1n) is 5.01. The molecule has 19 heavy (non-hydrogen) atoms. The molecule has 0 spiro atoms. The molecule has 1 atom stereocenters. The largest absolute Gasteiger partial charge is 0.480 e. The second-order valence-corrected chi connectivity index (χ2v) is 4.84. The maximum atomic E-state index is 11.5. The highest BCUT2D eigenvalue weighted by Gasteiger charge is 2.26. The Morgan fingerprint density at radius 3 is 2.32 bits per heavy atom. The number of amides is 1. The first-order chi connectivity index (χ1) is 8.85. The smallest absolute Gasteiger partial charge is 0.421 e. The van der Waals surface area contributed by atoms with Crippen molar-refractivity contribution >= 4 is 22.3 Å². The quantitative estimate of drug-likeness (QED) is 0.701. The number of nitrogens with one attached hydrogen (secondary N) is 2. The fraction of sp³-hybridized carbons (Fsp3) is 0.200. The van der Waals surface area contributed by atoms with Gasteiger partial charge in [0.25, 0.3) is 0 Å². The van der Waals surface area contributed by atoms with E-state index in [1.807, 2.05) is 4.72 Å². The Balaban J connectivity index is 2.92. The average Bonchev–Trinajstić information content (AvgIpc) is 2.36. The van der Waals surface area contributed by atoms with Gasteiger partial charge in [-0.15, -0.1) is 0 Å². The van der Waals surface area contributed by atoms with Gasteiger partial charge in [0.2, 0.25) is 0 Å². The van der Waals surface area contributed by atoms with Crippen molar-refractivity contribution in [2.45, 2.75) is 6.04 Å². The molecule has 104 valence electrons. The van der Waals surface area contributed by atoms with Gasteiger partial charge < -0.3 is 9.84 Å². The monoisotopic (exact) mass is 288 g/mol. The van der Waals surface area contributed by atoms with Gasteiger partial charge in [-0.05, 0) is 5.56 Å². The lowest BCUT2D eigenvalue weighted by molar-refractivity contribution is -0.139. The summed E-state index contributed by atoms with van der Waals surface area (Å²) < 4.78 is 30.5. The van der Waals surface area contributed by atoms with Gasteiger partial charge in [0.05, 0.1) is 7.11 Å². The van der Waals surface area contributed by atoms with Gasteiger partial charge in [0.1, 0.15) is 6.04 Å². The lowest BCUT2D eigenvalue weighted by Crippen LogP contribution is -2.44. The van der Waals surface area contributed by atoms with Gasteiger partial charge >= 0.3 is 22.3 Å². The molecule has 8 nitrogen and oxygen atoms in total. The molecule has 1 aromatic rings. The summed E-state index contributed by atoms with van der Waals surface area (Å²) in [6, 6.07) is 6.16. The Morgan fingerprint density at radius 1 is 1.26 bits per heavy atom. The van der Waals surface area contributed by atoms with E-state index in [4.69, 9.17) is 5.11 Å². The van der Waals surface area contributed by atoms with Crippen molar-refractivity contribution in [3.05, 3.63) is 35.9 Å². The molecule has 0 aliphatic heterocycles.